The predicted octanol–water partition coefficient (Wildman–Crippen LogP) is 3.28. The van der Waals surface area contributed by atoms with Crippen molar-refractivity contribution in [2.45, 2.75) is 12.5 Å². The lowest BCUT2D eigenvalue weighted by Gasteiger charge is -2.24. The lowest BCUT2D eigenvalue weighted by molar-refractivity contribution is -0.139. The highest BCUT2D eigenvalue weighted by atomic mass is 19.1. The van der Waals surface area contributed by atoms with Crippen LogP contribution in [0.15, 0.2) is 78.8 Å². The molecule has 150 valence electrons. The molecule has 7 heteroatoms. The molecule has 0 bridgehead atoms. The van der Waals surface area contributed by atoms with Gasteiger partial charge in [0.05, 0.1) is 11.3 Å². The van der Waals surface area contributed by atoms with Crippen LogP contribution >= 0.6 is 0 Å². The first-order chi connectivity index (χ1) is 14.6. The molecule has 1 N–H and O–H groups in total. The topological polar surface area (TPSA) is 83.4 Å². The monoisotopic (exact) mass is 403 g/mol. The summed E-state index contributed by atoms with van der Waals surface area (Å²) in [5, 5.41) is 10.9. The molecule has 1 unspecified atom stereocenters. The number of rotatable bonds is 5. The summed E-state index contributed by atoms with van der Waals surface area (Å²) in [5.41, 5.74) is 1.69. The molecule has 1 aliphatic rings. The molecule has 0 saturated carbocycles. The van der Waals surface area contributed by atoms with E-state index < -0.39 is 17.7 Å². The summed E-state index contributed by atoms with van der Waals surface area (Å²) in [6.07, 6.45) is 4.98. The van der Waals surface area contributed by atoms with E-state index in [4.69, 9.17) is 0 Å². The van der Waals surface area contributed by atoms with Gasteiger partial charge >= 0.3 is 0 Å². The second kappa shape index (κ2) is 8.24. The molecule has 1 fully saturated rings. The van der Waals surface area contributed by atoms with Crippen LogP contribution in [0.3, 0.4) is 0 Å². The van der Waals surface area contributed by atoms with Crippen LogP contribution < -0.4 is 0 Å². The van der Waals surface area contributed by atoms with Crippen molar-refractivity contribution < 1.29 is 19.1 Å². The van der Waals surface area contributed by atoms with E-state index in [2.05, 4.69) is 9.97 Å². The Kier molecular flexibility index (Phi) is 5.34. The van der Waals surface area contributed by atoms with Crippen molar-refractivity contribution in [3.63, 3.8) is 0 Å². The molecular formula is C23H18FN3O3. The molecule has 1 aliphatic heterocycles. The molecule has 1 saturated heterocycles. The first-order valence-corrected chi connectivity index (χ1v) is 9.40. The molecule has 1 aromatic carbocycles. The minimum absolute atomic E-state index is 0.0102. The standard InChI is InChI=1S/C23H18FN3O3/c24-17-6-4-15(5-7-17)10-14-27-20(18-3-1-2-11-26-18)19(22(29)23(27)30)21(28)16-8-12-25-13-9-16/h1-9,11-13,20,28H,10,14H2/b21-19-. The van der Waals surface area contributed by atoms with Gasteiger partial charge in [0.2, 0.25) is 0 Å². The molecule has 30 heavy (non-hydrogen) atoms. The summed E-state index contributed by atoms with van der Waals surface area (Å²) >= 11 is 0. The molecule has 1 atom stereocenters. The second-order valence-corrected chi connectivity index (χ2v) is 6.86. The highest BCUT2D eigenvalue weighted by molar-refractivity contribution is 6.46. The number of halogens is 1. The largest absolute Gasteiger partial charge is 0.507 e. The van der Waals surface area contributed by atoms with Crippen molar-refractivity contribution in [1.29, 1.82) is 0 Å². The van der Waals surface area contributed by atoms with Crippen LogP contribution in [0, 0.1) is 5.82 Å². The third kappa shape index (κ3) is 3.69. The van der Waals surface area contributed by atoms with Crippen LogP contribution in [0.4, 0.5) is 4.39 Å². The number of carbonyl (C=O) groups excluding carboxylic acids is 2. The smallest absolute Gasteiger partial charge is 0.295 e. The van der Waals surface area contributed by atoms with Gasteiger partial charge in [-0.05, 0) is 48.4 Å². The third-order valence-electron chi connectivity index (χ3n) is 5.02. The number of pyridine rings is 2. The first kappa shape index (κ1) is 19.4. The number of hydrogen-bond donors (Lipinski definition) is 1. The number of nitrogens with zero attached hydrogens (tertiary/aromatic N) is 3. The SMILES string of the molecule is O=C1C(=O)N(CCc2ccc(F)cc2)C(c2ccccn2)/C1=C(/O)c1ccncc1. The summed E-state index contributed by atoms with van der Waals surface area (Å²) in [6, 6.07) is 13.5. The minimum atomic E-state index is -0.820. The van der Waals surface area contributed by atoms with Crippen LogP contribution in [-0.2, 0) is 16.0 Å². The van der Waals surface area contributed by atoms with Gasteiger partial charge in [0.15, 0.2) is 0 Å². The van der Waals surface area contributed by atoms with Crippen LogP contribution in [-0.4, -0.2) is 38.2 Å². The van der Waals surface area contributed by atoms with Crippen LogP contribution in [0.25, 0.3) is 5.76 Å². The van der Waals surface area contributed by atoms with Gasteiger partial charge < -0.3 is 10.0 Å². The van der Waals surface area contributed by atoms with Gasteiger partial charge in [-0.2, -0.15) is 0 Å². The van der Waals surface area contributed by atoms with Gasteiger partial charge in [0.25, 0.3) is 11.7 Å². The van der Waals surface area contributed by atoms with E-state index in [1.54, 1.807) is 48.7 Å². The number of amides is 1. The number of aliphatic hydroxyl groups is 1. The first-order valence-electron chi connectivity index (χ1n) is 9.40. The van der Waals surface area contributed by atoms with E-state index in [1.807, 2.05) is 0 Å². The van der Waals surface area contributed by atoms with Crippen molar-refractivity contribution >= 4 is 17.4 Å². The van der Waals surface area contributed by atoms with E-state index in [-0.39, 0.29) is 23.7 Å². The fraction of sp³-hybridized carbons (Fsp3) is 0.130. The summed E-state index contributed by atoms with van der Waals surface area (Å²) in [7, 11) is 0. The fourth-order valence-electron chi connectivity index (χ4n) is 3.52. The average molecular weight is 403 g/mol. The Morgan fingerprint density at radius 2 is 1.73 bits per heavy atom. The fourth-order valence-corrected chi connectivity index (χ4v) is 3.52. The zero-order valence-electron chi connectivity index (χ0n) is 15.9. The zero-order valence-corrected chi connectivity index (χ0v) is 15.9. The Bertz CT molecular complexity index is 1100. The Labute approximate surface area is 172 Å². The van der Waals surface area contributed by atoms with Crippen LogP contribution in [0.2, 0.25) is 0 Å². The van der Waals surface area contributed by atoms with Gasteiger partial charge in [0.1, 0.15) is 17.6 Å². The number of aromatic nitrogens is 2. The lowest BCUT2D eigenvalue weighted by Crippen LogP contribution is -2.32. The third-order valence-corrected chi connectivity index (χ3v) is 5.02. The van der Waals surface area contributed by atoms with Crippen molar-refractivity contribution in [3.8, 4) is 0 Å². The highest BCUT2D eigenvalue weighted by Gasteiger charge is 2.46. The molecule has 0 spiro atoms. The van der Waals surface area contributed by atoms with E-state index in [0.717, 1.165) is 5.56 Å². The summed E-state index contributed by atoms with van der Waals surface area (Å²) < 4.78 is 13.2. The number of likely N-dealkylation sites (tertiary alicyclic amines) is 1. The van der Waals surface area contributed by atoms with Gasteiger partial charge in [0, 0.05) is 30.7 Å². The molecule has 0 radical (unpaired) electrons. The number of aliphatic hydroxyl groups excluding tert-OH is 1. The Morgan fingerprint density at radius 3 is 2.40 bits per heavy atom. The second-order valence-electron chi connectivity index (χ2n) is 6.86. The predicted molar refractivity (Wildman–Crippen MR) is 108 cm³/mol. The van der Waals surface area contributed by atoms with Gasteiger partial charge in [-0.15, -0.1) is 0 Å². The maximum absolute atomic E-state index is 13.2. The summed E-state index contributed by atoms with van der Waals surface area (Å²) in [5.74, 6) is -2.08. The molecule has 6 nitrogen and oxygen atoms in total. The van der Waals surface area contributed by atoms with Crippen molar-refractivity contribution in [2.24, 2.45) is 0 Å². The number of ketones is 1. The van der Waals surface area contributed by atoms with Gasteiger partial charge in [-0.1, -0.05) is 18.2 Å². The zero-order chi connectivity index (χ0) is 21.1. The van der Waals surface area contributed by atoms with Gasteiger partial charge in [-0.25, -0.2) is 4.39 Å². The molecule has 4 rings (SSSR count). The van der Waals surface area contributed by atoms with Crippen molar-refractivity contribution in [1.82, 2.24) is 14.9 Å². The van der Waals surface area contributed by atoms with E-state index >= 15 is 0 Å². The van der Waals surface area contributed by atoms with Crippen LogP contribution in [0.5, 0.6) is 0 Å². The van der Waals surface area contributed by atoms with Crippen molar-refractivity contribution in [2.75, 3.05) is 6.54 Å². The Balaban J connectivity index is 1.74. The minimum Gasteiger partial charge on any atom is -0.507 e. The Morgan fingerprint density at radius 1 is 1.00 bits per heavy atom. The quantitative estimate of drug-likeness (QED) is 0.402. The van der Waals surface area contributed by atoms with Gasteiger partial charge in [-0.3, -0.25) is 19.6 Å². The van der Waals surface area contributed by atoms with Crippen LogP contribution in [0.1, 0.15) is 22.9 Å². The normalized spacial score (nSPS) is 18.0. The highest BCUT2D eigenvalue weighted by Crippen LogP contribution is 2.38. The molecule has 3 aromatic rings. The number of benzene rings is 1. The van der Waals surface area contributed by atoms with Crippen molar-refractivity contribution in [3.05, 3.63) is 101 Å². The van der Waals surface area contributed by atoms with E-state index in [0.29, 0.717) is 17.7 Å². The summed E-state index contributed by atoms with van der Waals surface area (Å²) in [4.78, 5) is 35.3. The molecular weight excluding hydrogens is 385 g/mol. The maximum Gasteiger partial charge on any atom is 0.295 e. The lowest BCUT2D eigenvalue weighted by atomic mass is 9.98. The number of carbonyl (C=O) groups is 2. The molecule has 1 amide bonds. The maximum atomic E-state index is 13.2. The summed E-state index contributed by atoms with van der Waals surface area (Å²) in [6.45, 7) is 0.213. The van der Waals surface area contributed by atoms with E-state index in [1.165, 1.54) is 29.4 Å². The number of Topliss-reactive ketones (excluding diaryl/α,β-unsaturated/α-hetero) is 1. The average Bonchev–Trinajstić information content (AvgIpc) is 3.04. The number of hydrogen-bond acceptors (Lipinski definition) is 5. The molecule has 3 heterocycles. The molecule has 0 aliphatic carbocycles. The van der Waals surface area contributed by atoms with E-state index in [9.17, 15) is 19.1 Å². The molecule has 2 aromatic heterocycles. The Hall–Kier alpha value is -3.87.